The largest absolute Gasteiger partial charge is 0.449 e. The zero-order chi connectivity index (χ0) is 22.4. The van der Waals surface area contributed by atoms with Crippen molar-refractivity contribution >= 4 is 22.6 Å². The topological polar surface area (TPSA) is 85.9 Å². The van der Waals surface area contributed by atoms with Crippen LogP contribution in [0.4, 0.5) is 18.9 Å². The maximum atomic E-state index is 13.3. The van der Waals surface area contributed by atoms with E-state index in [4.69, 9.17) is 4.42 Å². The summed E-state index contributed by atoms with van der Waals surface area (Å²) in [7, 11) is 0. The van der Waals surface area contributed by atoms with Gasteiger partial charge in [0.05, 0.1) is 23.5 Å². The van der Waals surface area contributed by atoms with E-state index in [9.17, 15) is 28.2 Å². The Bertz CT molecular complexity index is 964. The summed E-state index contributed by atoms with van der Waals surface area (Å²) in [5, 5.41) is 22.7. The Kier molecular flexibility index (Phi) is 5.68. The van der Waals surface area contributed by atoms with Crippen LogP contribution in [0.1, 0.15) is 55.1 Å². The number of hydrogen-bond donors (Lipinski definition) is 3. The van der Waals surface area contributed by atoms with Crippen molar-refractivity contribution in [1.82, 2.24) is 5.32 Å². The van der Waals surface area contributed by atoms with E-state index < -0.39 is 23.2 Å². The highest BCUT2D eigenvalue weighted by Crippen LogP contribution is 2.40. The third-order valence-corrected chi connectivity index (χ3v) is 6.52. The lowest BCUT2D eigenvalue weighted by Gasteiger charge is -2.35. The van der Waals surface area contributed by atoms with Crippen molar-refractivity contribution in [1.29, 1.82) is 0 Å². The Balaban J connectivity index is 1.62. The van der Waals surface area contributed by atoms with E-state index in [1.54, 1.807) is 0 Å². The number of carbonyl (C=O) groups is 1. The first-order chi connectivity index (χ1) is 14.6. The minimum absolute atomic E-state index is 0.0389. The first kappa shape index (κ1) is 22.0. The normalized spacial score (nSPS) is 27.2. The molecule has 1 amide bonds. The number of alkyl halides is 3. The van der Waals surface area contributed by atoms with Crippen LogP contribution in [-0.2, 0) is 6.18 Å². The SMILES string of the molecule is C[C@H]1CN(CC[C@H]2CC[C@](O)(CO)CC2)c2c(oc3ccc(C(F)(F)F)cc23)C(=O)N1. The molecule has 2 heterocycles. The summed E-state index contributed by atoms with van der Waals surface area (Å²) in [5.74, 6) is -0.0567. The van der Waals surface area contributed by atoms with Gasteiger partial charge in [-0.3, -0.25) is 4.79 Å². The number of nitrogens with one attached hydrogen (secondary N) is 1. The maximum absolute atomic E-state index is 13.3. The van der Waals surface area contributed by atoms with Crippen molar-refractivity contribution < 1.29 is 32.6 Å². The molecule has 1 aromatic carbocycles. The van der Waals surface area contributed by atoms with E-state index in [0.29, 0.717) is 37.5 Å². The van der Waals surface area contributed by atoms with Crippen LogP contribution in [-0.4, -0.2) is 47.5 Å². The molecule has 1 atom stereocenters. The number of benzene rings is 1. The molecule has 0 bridgehead atoms. The molecule has 0 spiro atoms. The van der Waals surface area contributed by atoms with Gasteiger partial charge < -0.3 is 24.8 Å². The molecule has 0 saturated heterocycles. The van der Waals surface area contributed by atoms with Gasteiger partial charge in [-0.05, 0) is 63.1 Å². The monoisotopic (exact) mass is 440 g/mol. The van der Waals surface area contributed by atoms with Crippen molar-refractivity contribution in [2.24, 2.45) is 5.92 Å². The number of hydrogen-bond acceptors (Lipinski definition) is 5. The summed E-state index contributed by atoms with van der Waals surface area (Å²) in [6.07, 6.45) is -1.12. The predicted molar refractivity (Wildman–Crippen MR) is 109 cm³/mol. The number of fused-ring (bicyclic) bond motifs is 3. The molecule has 9 heteroatoms. The lowest BCUT2D eigenvalue weighted by atomic mass is 9.78. The minimum Gasteiger partial charge on any atom is -0.449 e. The molecule has 1 aliphatic carbocycles. The molecule has 1 saturated carbocycles. The number of rotatable bonds is 4. The number of amides is 1. The Labute approximate surface area is 178 Å². The molecule has 0 unspecified atom stereocenters. The molecule has 3 N–H and O–H groups in total. The molecule has 4 rings (SSSR count). The first-order valence-electron chi connectivity index (χ1n) is 10.6. The van der Waals surface area contributed by atoms with E-state index in [-0.39, 0.29) is 29.4 Å². The van der Waals surface area contributed by atoms with Gasteiger partial charge in [0, 0.05) is 24.5 Å². The fourth-order valence-electron chi connectivity index (χ4n) is 4.69. The number of nitrogens with zero attached hydrogens (tertiary/aromatic N) is 1. The number of carbonyl (C=O) groups excluding carboxylic acids is 1. The highest BCUT2D eigenvalue weighted by molar-refractivity contribution is 6.07. The second-order valence-electron chi connectivity index (χ2n) is 8.92. The van der Waals surface area contributed by atoms with Crippen LogP contribution in [0, 0.1) is 5.92 Å². The minimum atomic E-state index is -4.49. The molecule has 2 aromatic rings. The summed E-state index contributed by atoms with van der Waals surface area (Å²) >= 11 is 0. The summed E-state index contributed by atoms with van der Waals surface area (Å²) in [4.78, 5) is 14.6. The van der Waals surface area contributed by atoms with E-state index in [1.807, 2.05) is 11.8 Å². The molecule has 170 valence electrons. The van der Waals surface area contributed by atoms with Crippen LogP contribution in [0.2, 0.25) is 0 Å². The van der Waals surface area contributed by atoms with Gasteiger partial charge in [-0.1, -0.05) is 0 Å². The Hall–Kier alpha value is -2.26. The summed E-state index contributed by atoms with van der Waals surface area (Å²) in [5.41, 5.74) is -1.13. The maximum Gasteiger partial charge on any atom is 0.416 e. The Morgan fingerprint density at radius 2 is 2.00 bits per heavy atom. The van der Waals surface area contributed by atoms with Gasteiger partial charge in [0.15, 0.2) is 0 Å². The molecular formula is C22H27F3N2O4. The molecule has 0 radical (unpaired) electrons. The first-order valence-corrected chi connectivity index (χ1v) is 10.6. The van der Waals surface area contributed by atoms with Gasteiger partial charge in [0.2, 0.25) is 5.76 Å². The zero-order valence-corrected chi connectivity index (χ0v) is 17.3. The van der Waals surface area contributed by atoms with Gasteiger partial charge >= 0.3 is 6.18 Å². The molecule has 2 aliphatic rings. The molecule has 6 nitrogen and oxygen atoms in total. The second-order valence-corrected chi connectivity index (χ2v) is 8.92. The van der Waals surface area contributed by atoms with E-state index in [2.05, 4.69) is 5.32 Å². The standard InChI is InChI=1S/C22H27F3N2O4/c1-13-11-27(9-6-14-4-7-21(30,12-28)8-5-14)18-16-10-15(22(23,24)25)2-3-17(16)31-19(18)20(29)26-13/h2-3,10,13-14,28,30H,4-9,11-12H2,1H3,(H,26,29)/t13-,14-,21+/m0/s1. The quantitative estimate of drug-likeness (QED) is 0.675. The molecule has 1 aliphatic heterocycles. The summed E-state index contributed by atoms with van der Waals surface area (Å²) in [6, 6.07) is 3.08. The fraction of sp³-hybridized carbons (Fsp3) is 0.591. The zero-order valence-electron chi connectivity index (χ0n) is 17.3. The number of furan rings is 1. The number of anilines is 1. The molecule has 31 heavy (non-hydrogen) atoms. The Morgan fingerprint density at radius 3 is 2.65 bits per heavy atom. The third kappa shape index (κ3) is 4.39. The smallest absolute Gasteiger partial charge is 0.416 e. The van der Waals surface area contributed by atoms with Gasteiger partial charge in [-0.15, -0.1) is 0 Å². The van der Waals surface area contributed by atoms with Crippen molar-refractivity contribution in [2.45, 2.75) is 56.8 Å². The van der Waals surface area contributed by atoms with E-state index in [0.717, 1.165) is 31.4 Å². The van der Waals surface area contributed by atoms with Crippen molar-refractivity contribution in [2.75, 3.05) is 24.6 Å². The predicted octanol–water partition coefficient (Wildman–Crippen LogP) is 3.69. The summed E-state index contributed by atoms with van der Waals surface area (Å²) in [6.45, 7) is 2.61. The second kappa shape index (κ2) is 8.02. The van der Waals surface area contributed by atoms with Gasteiger partial charge in [-0.25, -0.2) is 0 Å². The number of halogens is 3. The molecule has 1 aromatic heterocycles. The van der Waals surface area contributed by atoms with Gasteiger partial charge in [0.25, 0.3) is 5.91 Å². The van der Waals surface area contributed by atoms with Crippen LogP contribution in [0.25, 0.3) is 11.0 Å². The molecular weight excluding hydrogens is 413 g/mol. The lowest BCUT2D eigenvalue weighted by Crippen LogP contribution is -2.40. The average Bonchev–Trinajstić information content (AvgIpc) is 3.05. The van der Waals surface area contributed by atoms with Gasteiger partial charge in [-0.2, -0.15) is 13.2 Å². The fourth-order valence-corrected chi connectivity index (χ4v) is 4.69. The Morgan fingerprint density at radius 1 is 1.29 bits per heavy atom. The number of aliphatic hydroxyl groups excluding tert-OH is 1. The van der Waals surface area contributed by atoms with Crippen LogP contribution in [0.3, 0.4) is 0 Å². The third-order valence-electron chi connectivity index (χ3n) is 6.52. The van der Waals surface area contributed by atoms with Crippen LogP contribution >= 0.6 is 0 Å². The number of aliphatic hydroxyl groups is 2. The van der Waals surface area contributed by atoms with Crippen LogP contribution in [0.5, 0.6) is 0 Å². The summed E-state index contributed by atoms with van der Waals surface area (Å²) < 4.78 is 45.6. The van der Waals surface area contributed by atoms with E-state index in [1.165, 1.54) is 6.07 Å². The van der Waals surface area contributed by atoms with Crippen LogP contribution in [0.15, 0.2) is 22.6 Å². The van der Waals surface area contributed by atoms with Crippen molar-refractivity contribution in [3.8, 4) is 0 Å². The van der Waals surface area contributed by atoms with E-state index >= 15 is 0 Å². The highest BCUT2D eigenvalue weighted by Gasteiger charge is 2.36. The van der Waals surface area contributed by atoms with Gasteiger partial charge in [0.1, 0.15) is 5.58 Å². The molecule has 1 fully saturated rings. The van der Waals surface area contributed by atoms with Crippen molar-refractivity contribution in [3.63, 3.8) is 0 Å². The average molecular weight is 440 g/mol. The van der Waals surface area contributed by atoms with Crippen LogP contribution < -0.4 is 10.2 Å². The van der Waals surface area contributed by atoms with Crippen molar-refractivity contribution in [3.05, 3.63) is 29.5 Å². The lowest BCUT2D eigenvalue weighted by molar-refractivity contribution is -0.137. The highest BCUT2D eigenvalue weighted by atomic mass is 19.4.